The van der Waals surface area contributed by atoms with Crippen molar-refractivity contribution in [1.82, 2.24) is 9.80 Å². The van der Waals surface area contributed by atoms with Crippen molar-refractivity contribution in [2.75, 3.05) is 13.7 Å². The van der Waals surface area contributed by atoms with Gasteiger partial charge in [-0.3, -0.25) is 0 Å². The quantitative estimate of drug-likeness (QED) is 0.758. The van der Waals surface area contributed by atoms with E-state index in [-0.39, 0.29) is 0 Å². The lowest BCUT2D eigenvalue weighted by Crippen LogP contribution is -2.18. The molecule has 15 heavy (non-hydrogen) atoms. The zero-order chi connectivity index (χ0) is 10.7. The monoisotopic (exact) mass is 264 g/mol. The number of rotatable bonds is 2. The van der Waals surface area contributed by atoms with E-state index in [0.717, 1.165) is 11.3 Å². The maximum Gasteiger partial charge on any atom is 0.0982 e. The molecule has 0 unspecified atom stereocenters. The van der Waals surface area contributed by atoms with Gasteiger partial charge in [-0.15, -0.1) is 0 Å². The van der Waals surface area contributed by atoms with Crippen LogP contribution in [0.1, 0.15) is 5.56 Å². The van der Waals surface area contributed by atoms with Crippen LogP contribution in [0.5, 0.6) is 0 Å². The zero-order valence-electron chi connectivity index (χ0n) is 8.60. The van der Waals surface area contributed by atoms with E-state index in [0.29, 0.717) is 0 Å². The van der Waals surface area contributed by atoms with Gasteiger partial charge in [0.1, 0.15) is 0 Å². The van der Waals surface area contributed by atoms with Crippen molar-refractivity contribution in [3.63, 3.8) is 0 Å². The molecule has 1 heterocycles. The summed E-state index contributed by atoms with van der Waals surface area (Å²) in [5, 5.41) is 0. The molecular weight excluding hydrogens is 252 g/mol. The highest BCUT2D eigenvalue weighted by Crippen LogP contribution is 2.19. The highest BCUT2D eigenvalue weighted by Gasteiger charge is 2.11. The van der Waals surface area contributed by atoms with Gasteiger partial charge in [-0.1, -0.05) is 30.3 Å². The summed E-state index contributed by atoms with van der Waals surface area (Å²) in [5.41, 5.74) is 1.22. The van der Waals surface area contributed by atoms with E-state index in [4.69, 9.17) is 0 Å². The Kier molecular flexibility index (Phi) is 3.11. The molecule has 1 aromatic carbocycles. The highest BCUT2D eigenvalue weighted by molar-refractivity contribution is 9.11. The molecule has 1 aromatic rings. The second-order valence-electron chi connectivity index (χ2n) is 3.53. The minimum absolute atomic E-state index is 0.893. The Balaban J connectivity index is 2.02. The summed E-state index contributed by atoms with van der Waals surface area (Å²) in [4.78, 5) is 4.27. The van der Waals surface area contributed by atoms with Crippen LogP contribution < -0.4 is 0 Å². The molecule has 0 fully saturated rings. The molecule has 1 aliphatic rings. The van der Waals surface area contributed by atoms with E-state index in [1.54, 1.807) is 0 Å². The van der Waals surface area contributed by atoms with Gasteiger partial charge in [-0.25, -0.2) is 0 Å². The summed E-state index contributed by atoms with van der Waals surface area (Å²) in [6.07, 6.45) is 6.26. The molecular formula is C12H13BrN2. The first-order chi connectivity index (χ1) is 7.25. The topological polar surface area (TPSA) is 6.48 Å². The van der Waals surface area contributed by atoms with Gasteiger partial charge in [0.2, 0.25) is 0 Å². The zero-order valence-corrected chi connectivity index (χ0v) is 10.2. The molecule has 0 aromatic heterocycles. The van der Waals surface area contributed by atoms with Crippen LogP contribution in [-0.4, -0.2) is 23.5 Å². The maximum atomic E-state index is 3.48. The van der Waals surface area contributed by atoms with E-state index in [9.17, 15) is 0 Å². The van der Waals surface area contributed by atoms with Crippen LogP contribution in [0.15, 0.2) is 47.3 Å². The van der Waals surface area contributed by atoms with Gasteiger partial charge in [0.05, 0.1) is 11.3 Å². The van der Waals surface area contributed by atoms with Crippen LogP contribution in [0.25, 0.3) is 6.08 Å². The van der Waals surface area contributed by atoms with Gasteiger partial charge < -0.3 is 9.80 Å². The van der Waals surface area contributed by atoms with Crippen LogP contribution in [0.2, 0.25) is 0 Å². The lowest BCUT2D eigenvalue weighted by molar-refractivity contribution is 0.362. The lowest BCUT2D eigenvalue weighted by atomic mass is 10.2. The Bertz CT molecular complexity index is 384. The average molecular weight is 265 g/mol. The smallest absolute Gasteiger partial charge is 0.0982 e. The van der Waals surface area contributed by atoms with Gasteiger partial charge in [-0.05, 0) is 27.6 Å². The van der Waals surface area contributed by atoms with E-state index in [2.05, 4.69) is 63.4 Å². The third-order valence-corrected chi connectivity index (χ3v) is 3.08. The van der Waals surface area contributed by atoms with Crippen LogP contribution >= 0.6 is 15.9 Å². The summed E-state index contributed by atoms with van der Waals surface area (Å²) < 4.78 is 1.11. The molecule has 0 N–H and O–H groups in total. The minimum atomic E-state index is 0.893. The summed E-state index contributed by atoms with van der Waals surface area (Å²) in [6, 6.07) is 10.3. The Hall–Kier alpha value is -1.22. The Morgan fingerprint density at radius 2 is 2.00 bits per heavy atom. The first-order valence-corrected chi connectivity index (χ1v) is 5.62. The largest absolute Gasteiger partial charge is 0.350 e. The Labute approximate surface area is 98.6 Å². The third-order valence-electron chi connectivity index (χ3n) is 2.27. The lowest BCUT2D eigenvalue weighted by Gasteiger charge is -2.13. The second-order valence-corrected chi connectivity index (χ2v) is 4.34. The molecule has 0 radical (unpaired) electrons. The van der Waals surface area contributed by atoms with Crippen molar-refractivity contribution in [3.05, 3.63) is 52.9 Å². The number of nitrogens with zero attached hydrogens (tertiary/aromatic N) is 2. The molecule has 0 spiro atoms. The molecule has 0 amide bonds. The third kappa shape index (κ3) is 2.63. The fourth-order valence-corrected chi connectivity index (χ4v) is 1.80. The van der Waals surface area contributed by atoms with Crippen molar-refractivity contribution in [3.8, 4) is 0 Å². The molecule has 1 aliphatic heterocycles. The molecule has 3 heteroatoms. The molecule has 0 aliphatic carbocycles. The van der Waals surface area contributed by atoms with Crippen molar-refractivity contribution in [2.45, 2.75) is 0 Å². The average Bonchev–Trinajstić information content (AvgIpc) is 2.57. The van der Waals surface area contributed by atoms with Gasteiger partial charge in [0, 0.05) is 19.4 Å². The summed E-state index contributed by atoms with van der Waals surface area (Å²) in [7, 11) is 2.05. The highest BCUT2D eigenvalue weighted by atomic mass is 79.9. The van der Waals surface area contributed by atoms with Crippen LogP contribution in [-0.2, 0) is 0 Å². The van der Waals surface area contributed by atoms with Crippen molar-refractivity contribution >= 4 is 22.0 Å². The first-order valence-electron chi connectivity index (χ1n) is 4.83. The van der Waals surface area contributed by atoms with E-state index >= 15 is 0 Å². The molecule has 0 bridgehead atoms. The first kappa shape index (κ1) is 10.3. The van der Waals surface area contributed by atoms with Crippen LogP contribution in [0.3, 0.4) is 0 Å². The number of hydrogen-bond acceptors (Lipinski definition) is 2. The molecule has 0 atom stereocenters. The predicted octanol–water partition coefficient (Wildman–Crippen LogP) is 3.06. The van der Waals surface area contributed by atoms with Gasteiger partial charge in [0.15, 0.2) is 0 Å². The van der Waals surface area contributed by atoms with Gasteiger partial charge >= 0.3 is 0 Å². The Morgan fingerprint density at radius 3 is 2.60 bits per heavy atom. The van der Waals surface area contributed by atoms with Crippen molar-refractivity contribution in [2.24, 2.45) is 0 Å². The van der Waals surface area contributed by atoms with Crippen molar-refractivity contribution < 1.29 is 0 Å². The predicted molar refractivity (Wildman–Crippen MR) is 67.0 cm³/mol. The van der Waals surface area contributed by atoms with Crippen LogP contribution in [0, 0.1) is 0 Å². The number of benzene rings is 1. The van der Waals surface area contributed by atoms with Gasteiger partial charge in [-0.2, -0.15) is 0 Å². The second kappa shape index (κ2) is 4.53. The molecule has 0 saturated heterocycles. The van der Waals surface area contributed by atoms with Crippen LogP contribution in [0.4, 0.5) is 0 Å². The van der Waals surface area contributed by atoms with Crippen molar-refractivity contribution in [1.29, 1.82) is 0 Å². The molecule has 2 rings (SSSR count). The summed E-state index contributed by atoms with van der Waals surface area (Å²) >= 11 is 3.48. The SMILES string of the molecule is CN1CN(C=Cc2ccccc2)C=C1Br. The Morgan fingerprint density at radius 1 is 1.27 bits per heavy atom. The summed E-state index contributed by atoms with van der Waals surface area (Å²) in [6.45, 7) is 0.893. The van der Waals surface area contributed by atoms with E-state index < -0.39 is 0 Å². The minimum Gasteiger partial charge on any atom is -0.350 e. The molecule has 78 valence electrons. The molecule has 0 saturated carbocycles. The van der Waals surface area contributed by atoms with E-state index in [1.165, 1.54) is 5.56 Å². The number of hydrogen-bond donors (Lipinski definition) is 0. The maximum absolute atomic E-state index is 3.48. The van der Waals surface area contributed by atoms with Gasteiger partial charge in [0.25, 0.3) is 0 Å². The molecule has 2 nitrogen and oxygen atoms in total. The fraction of sp³-hybridized carbons (Fsp3) is 0.167. The summed E-state index contributed by atoms with van der Waals surface area (Å²) in [5.74, 6) is 0. The van der Waals surface area contributed by atoms with E-state index in [1.807, 2.05) is 18.2 Å². The number of halogens is 1. The standard InChI is InChI=1S/C12H13BrN2/c1-14-10-15(9-12(14)13)8-7-11-5-3-2-4-6-11/h2-9H,10H2,1H3. The fourth-order valence-electron chi connectivity index (χ4n) is 1.42. The normalized spacial score (nSPS) is 16.3.